The van der Waals surface area contributed by atoms with Crippen LogP contribution in [0, 0.1) is 0 Å². The summed E-state index contributed by atoms with van der Waals surface area (Å²) >= 11 is 0. The predicted octanol–water partition coefficient (Wildman–Crippen LogP) is 2.58. The molecule has 0 aliphatic carbocycles. The van der Waals surface area contributed by atoms with Crippen molar-refractivity contribution in [2.24, 2.45) is 0 Å². The van der Waals surface area contributed by atoms with Crippen molar-refractivity contribution in [1.29, 1.82) is 0 Å². The Morgan fingerprint density at radius 3 is 2.18 bits per heavy atom. The van der Waals surface area contributed by atoms with Crippen LogP contribution in [0.3, 0.4) is 0 Å². The molecule has 0 aliphatic heterocycles. The summed E-state index contributed by atoms with van der Waals surface area (Å²) < 4.78 is 30.9. The van der Waals surface area contributed by atoms with E-state index in [1.807, 2.05) is 54.6 Å². The molecule has 2 N–H and O–H groups in total. The van der Waals surface area contributed by atoms with Gasteiger partial charge in [-0.3, -0.25) is 9.59 Å². The van der Waals surface area contributed by atoms with Gasteiger partial charge in [-0.25, -0.2) is 12.7 Å². The van der Waals surface area contributed by atoms with Crippen molar-refractivity contribution in [2.75, 3.05) is 27.7 Å². The van der Waals surface area contributed by atoms with Crippen LogP contribution in [0.1, 0.15) is 27.5 Å². The zero-order valence-electron chi connectivity index (χ0n) is 19.2. The zero-order chi connectivity index (χ0) is 24.7. The van der Waals surface area contributed by atoms with Gasteiger partial charge in [-0.1, -0.05) is 48.5 Å². The normalized spacial score (nSPS) is 12.1. The number of benzene rings is 3. The quantitative estimate of drug-likeness (QED) is 0.489. The number of amides is 2. The number of nitrogens with one attached hydrogen (secondary N) is 2. The second-order valence-corrected chi connectivity index (χ2v) is 9.83. The third-order valence-electron chi connectivity index (χ3n) is 5.17. The average molecular weight is 482 g/mol. The Balaban J connectivity index is 1.71. The number of hydrogen-bond donors (Lipinski definition) is 2. The summed E-state index contributed by atoms with van der Waals surface area (Å²) in [6, 6.07) is 22.1. The van der Waals surface area contributed by atoms with E-state index in [-0.39, 0.29) is 17.0 Å². The van der Waals surface area contributed by atoms with Gasteiger partial charge >= 0.3 is 0 Å². The number of carbonyl (C=O) groups is 2. The van der Waals surface area contributed by atoms with E-state index in [1.54, 1.807) is 7.11 Å². The summed E-state index contributed by atoms with van der Waals surface area (Å²) in [5.41, 5.74) is 1.88. The van der Waals surface area contributed by atoms with E-state index >= 15 is 0 Å². The van der Waals surface area contributed by atoms with E-state index in [2.05, 4.69) is 10.6 Å². The van der Waals surface area contributed by atoms with Crippen LogP contribution in [0.15, 0.2) is 83.8 Å². The Hall–Kier alpha value is -3.69. The maximum atomic E-state index is 12.7. The van der Waals surface area contributed by atoms with Crippen LogP contribution in [0.2, 0.25) is 0 Å². The Morgan fingerprint density at radius 1 is 0.912 bits per heavy atom. The summed E-state index contributed by atoms with van der Waals surface area (Å²) in [7, 11) is 0.732. The highest BCUT2D eigenvalue weighted by atomic mass is 32.2. The van der Waals surface area contributed by atoms with Crippen LogP contribution in [0.5, 0.6) is 5.75 Å². The van der Waals surface area contributed by atoms with Gasteiger partial charge in [0.1, 0.15) is 5.75 Å². The minimum absolute atomic E-state index is 0.00162. The predicted molar refractivity (Wildman–Crippen MR) is 129 cm³/mol. The molecule has 0 fully saturated rings. The first-order chi connectivity index (χ1) is 16.2. The van der Waals surface area contributed by atoms with E-state index in [9.17, 15) is 18.0 Å². The third-order valence-corrected chi connectivity index (χ3v) is 6.98. The Morgan fingerprint density at radius 2 is 1.56 bits per heavy atom. The van der Waals surface area contributed by atoms with Crippen molar-refractivity contribution in [1.82, 2.24) is 14.9 Å². The number of methoxy groups -OCH3 is 1. The maximum Gasteiger partial charge on any atom is 0.251 e. The van der Waals surface area contributed by atoms with Crippen LogP contribution in [0.25, 0.3) is 0 Å². The third kappa shape index (κ3) is 6.00. The minimum Gasteiger partial charge on any atom is -0.497 e. The first kappa shape index (κ1) is 24.9. The fraction of sp³-hybridized carbons (Fsp3) is 0.200. The van der Waals surface area contributed by atoms with E-state index in [4.69, 9.17) is 4.74 Å². The monoisotopic (exact) mass is 481 g/mol. The van der Waals surface area contributed by atoms with Gasteiger partial charge in [-0.2, -0.15) is 0 Å². The Bertz CT molecular complexity index is 1240. The molecule has 0 heterocycles. The molecule has 0 bridgehead atoms. The van der Waals surface area contributed by atoms with E-state index < -0.39 is 27.9 Å². The topological polar surface area (TPSA) is 105 Å². The van der Waals surface area contributed by atoms with Crippen LogP contribution in [0.4, 0.5) is 0 Å². The molecule has 0 saturated heterocycles. The molecule has 2 amide bonds. The van der Waals surface area contributed by atoms with Gasteiger partial charge in [-0.05, 0) is 41.5 Å². The lowest BCUT2D eigenvalue weighted by molar-refractivity contribution is -0.120. The summed E-state index contributed by atoms with van der Waals surface area (Å²) in [5.74, 6) is -0.241. The van der Waals surface area contributed by atoms with Gasteiger partial charge in [0.05, 0.1) is 24.6 Å². The second-order valence-electron chi connectivity index (χ2n) is 7.68. The first-order valence-electron chi connectivity index (χ1n) is 10.5. The number of rotatable bonds is 9. The molecule has 0 aromatic heterocycles. The van der Waals surface area contributed by atoms with Crippen molar-refractivity contribution >= 4 is 21.8 Å². The smallest absolute Gasteiger partial charge is 0.251 e. The lowest BCUT2D eigenvalue weighted by atomic mass is 9.98. The van der Waals surface area contributed by atoms with Gasteiger partial charge < -0.3 is 15.4 Å². The van der Waals surface area contributed by atoms with Crippen LogP contribution in [-0.4, -0.2) is 52.3 Å². The van der Waals surface area contributed by atoms with Gasteiger partial charge in [0.25, 0.3) is 5.91 Å². The number of ether oxygens (including phenoxy) is 1. The molecule has 0 saturated carbocycles. The summed E-state index contributed by atoms with van der Waals surface area (Å²) in [5, 5.41) is 5.50. The molecular formula is C25H27N3O5S. The van der Waals surface area contributed by atoms with Crippen LogP contribution in [-0.2, 0) is 14.8 Å². The summed E-state index contributed by atoms with van der Waals surface area (Å²) in [6.07, 6.45) is 0. The zero-order valence-corrected chi connectivity index (χ0v) is 20.0. The Labute approximate surface area is 199 Å². The minimum atomic E-state index is -3.68. The average Bonchev–Trinajstić information content (AvgIpc) is 2.86. The lowest BCUT2D eigenvalue weighted by Gasteiger charge is -2.20. The molecule has 178 valence electrons. The van der Waals surface area contributed by atoms with Gasteiger partial charge in [0.15, 0.2) is 0 Å². The number of sulfonamides is 1. The van der Waals surface area contributed by atoms with Crippen molar-refractivity contribution < 1.29 is 22.7 Å². The molecule has 8 nitrogen and oxygen atoms in total. The number of nitrogens with zero attached hydrogens (tertiary/aromatic N) is 1. The summed E-state index contributed by atoms with van der Waals surface area (Å²) in [6.45, 7) is -0.275. The molecule has 3 rings (SSSR count). The Kier molecular flexibility index (Phi) is 8.04. The molecule has 0 radical (unpaired) electrons. The van der Waals surface area contributed by atoms with Crippen molar-refractivity contribution in [3.05, 3.63) is 95.6 Å². The van der Waals surface area contributed by atoms with E-state index in [1.165, 1.54) is 38.4 Å². The molecule has 3 aromatic rings. The molecule has 1 atom stereocenters. The van der Waals surface area contributed by atoms with Gasteiger partial charge in [0, 0.05) is 19.7 Å². The maximum absolute atomic E-state index is 12.7. The van der Waals surface area contributed by atoms with Gasteiger partial charge in [0.2, 0.25) is 15.9 Å². The highest BCUT2D eigenvalue weighted by Crippen LogP contribution is 2.24. The fourth-order valence-electron chi connectivity index (χ4n) is 3.28. The standard InChI is InChI=1S/C25H27N3O5S/c1-28(2)34(31,32)22-11-7-10-20(16-22)25(30)26-17-23(29)27-24(18-8-5-4-6-9-18)19-12-14-21(33-3)15-13-19/h4-16,24H,17H2,1-3H3,(H,26,30)(H,27,29). The molecule has 0 spiro atoms. The molecular weight excluding hydrogens is 454 g/mol. The van der Waals surface area contributed by atoms with Gasteiger partial charge in [-0.15, -0.1) is 0 Å². The largest absolute Gasteiger partial charge is 0.497 e. The molecule has 9 heteroatoms. The first-order valence-corrected chi connectivity index (χ1v) is 12.0. The van der Waals surface area contributed by atoms with Crippen molar-refractivity contribution in [2.45, 2.75) is 10.9 Å². The highest BCUT2D eigenvalue weighted by molar-refractivity contribution is 7.89. The number of hydrogen-bond acceptors (Lipinski definition) is 5. The molecule has 34 heavy (non-hydrogen) atoms. The summed E-state index contributed by atoms with van der Waals surface area (Å²) in [4.78, 5) is 25.3. The molecule has 0 aliphatic rings. The second kappa shape index (κ2) is 11.0. The fourth-order valence-corrected chi connectivity index (χ4v) is 4.23. The highest BCUT2D eigenvalue weighted by Gasteiger charge is 2.20. The van der Waals surface area contributed by atoms with Crippen molar-refractivity contribution in [3.63, 3.8) is 0 Å². The van der Waals surface area contributed by atoms with Crippen LogP contribution >= 0.6 is 0 Å². The van der Waals surface area contributed by atoms with Crippen LogP contribution < -0.4 is 15.4 Å². The SMILES string of the molecule is COc1ccc(C(NC(=O)CNC(=O)c2cccc(S(=O)(=O)N(C)C)c2)c2ccccc2)cc1. The van der Waals surface area contributed by atoms with E-state index in [0.29, 0.717) is 5.75 Å². The van der Waals surface area contributed by atoms with E-state index in [0.717, 1.165) is 15.4 Å². The van der Waals surface area contributed by atoms with Crippen molar-refractivity contribution in [3.8, 4) is 5.75 Å². The lowest BCUT2D eigenvalue weighted by Crippen LogP contribution is -2.39. The molecule has 1 unspecified atom stereocenters. The number of carbonyl (C=O) groups excluding carboxylic acids is 2. The molecule has 3 aromatic carbocycles.